The van der Waals surface area contributed by atoms with Crippen LogP contribution in [0.2, 0.25) is 0 Å². The van der Waals surface area contributed by atoms with Crippen LogP contribution in [0.1, 0.15) is 19.4 Å². The Morgan fingerprint density at radius 1 is 1.09 bits per heavy atom. The number of rotatable bonds is 9. The van der Waals surface area contributed by atoms with Crippen molar-refractivity contribution in [2.75, 3.05) is 43.9 Å². The maximum atomic E-state index is 13.6. The molecule has 0 spiro atoms. The van der Waals surface area contributed by atoms with E-state index in [1.807, 2.05) is 49.4 Å². The van der Waals surface area contributed by atoms with Crippen molar-refractivity contribution >= 4 is 44.1 Å². The Kier molecular flexibility index (Phi) is 10.2. The van der Waals surface area contributed by atoms with Gasteiger partial charge < -0.3 is 29.7 Å². The van der Waals surface area contributed by atoms with Gasteiger partial charge in [0.25, 0.3) is 10.0 Å². The van der Waals surface area contributed by atoms with Crippen LogP contribution in [0.3, 0.4) is 0 Å². The van der Waals surface area contributed by atoms with E-state index in [-0.39, 0.29) is 54.6 Å². The van der Waals surface area contributed by atoms with Crippen molar-refractivity contribution < 1.29 is 32.6 Å². The van der Waals surface area contributed by atoms with E-state index in [0.717, 1.165) is 10.8 Å². The topological polar surface area (TPSA) is 138 Å². The van der Waals surface area contributed by atoms with Gasteiger partial charge in [0.2, 0.25) is 5.91 Å². The monoisotopic (exact) mass is 660 g/mol. The van der Waals surface area contributed by atoms with Gasteiger partial charge in [-0.25, -0.2) is 13.2 Å². The minimum atomic E-state index is -3.94. The zero-order chi connectivity index (χ0) is 33.7. The van der Waals surface area contributed by atoms with Gasteiger partial charge in [-0.3, -0.25) is 9.52 Å². The molecule has 47 heavy (non-hydrogen) atoms. The SMILES string of the molecule is COc1ccc(S(=O)(=O)Nc2ccc3c(c2)CC(=O)N([C@@H](C)CO)C[C@@H](C)[C@@H](CN(C)C(=O)Nc2cccc4ccccc24)O3)cc1. The first-order valence-electron chi connectivity index (χ1n) is 15.4. The van der Waals surface area contributed by atoms with E-state index in [2.05, 4.69) is 10.0 Å². The third-order valence-electron chi connectivity index (χ3n) is 8.37. The van der Waals surface area contributed by atoms with E-state index in [0.29, 0.717) is 22.7 Å². The van der Waals surface area contributed by atoms with E-state index >= 15 is 0 Å². The predicted molar refractivity (Wildman–Crippen MR) is 181 cm³/mol. The van der Waals surface area contributed by atoms with Gasteiger partial charge in [0, 0.05) is 36.1 Å². The smallest absolute Gasteiger partial charge is 0.321 e. The highest BCUT2D eigenvalue weighted by molar-refractivity contribution is 7.92. The highest BCUT2D eigenvalue weighted by Crippen LogP contribution is 2.31. The molecule has 3 atom stereocenters. The van der Waals surface area contributed by atoms with Crippen LogP contribution in [0.4, 0.5) is 16.2 Å². The van der Waals surface area contributed by atoms with Crippen molar-refractivity contribution in [2.24, 2.45) is 5.92 Å². The molecule has 0 unspecified atom stereocenters. The fourth-order valence-corrected chi connectivity index (χ4v) is 6.63. The molecule has 1 aliphatic heterocycles. The maximum Gasteiger partial charge on any atom is 0.321 e. The summed E-state index contributed by atoms with van der Waals surface area (Å²) in [6, 6.07) is 23.5. The second-order valence-electron chi connectivity index (χ2n) is 11.8. The summed E-state index contributed by atoms with van der Waals surface area (Å²) >= 11 is 0. The number of aliphatic hydroxyl groups excluding tert-OH is 1. The van der Waals surface area contributed by atoms with Crippen molar-refractivity contribution in [3.8, 4) is 11.5 Å². The molecule has 1 aliphatic rings. The maximum absolute atomic E-state index is 13.6. The summed E-state index contributed by atoms with van der Waals surface area (Å²) in [6.07, 6.45) is -0.618. The van der Waals surface area contributed by atoms with E-state index in [9.17, 15) is 23.1 Å². The first-order chi connectivity index (χ1) is 22.5. The molecule has 4 aromatic carbocycles. The molecule has 0 fully saturated rings. The average Bonchev–Trinajstić information content (AvgIpc) is 3.11. The Bertz CT molecular complexity index is 1840. The first kappa shape index (κ1) is 33.6. The lowest BCUT2D eigenvalue weighted by molar-refractivity contribution is -0.134. The highest BCUT2D eigenvalue weighted by Gasteiger charge is 2.32. The van der Waals surface area contributed by atoms with Crippen LogP contribution < -0.4 is 19.5 Å². The number of likely N-dealkylation sites (N-methyl/N-ethyl adjacent to an activating group) is 1. The number of benzene rings is 4. The molecule has 1 heterocycles. The number of carbonyl (C=O) groups excluding carboxylic acids is 2. The molecule has 0 saturated carbocycles. The molecule has 0 radical (unpaired) electrons. The highest BCUT2D eigenvalue weighted by atomic mass is 32.2. The molecule has 11 nitrogen and oxygen atoms in total. The summed E-state index contributed by atoms with van der Waals surface area (Å²) in [5.74, 6) is 0.462. The second-order valence-corrected chi connectivity index (χ2v) is 13.5. The summed E-state index contributed by atoms with van der Waals surface area (Å²) in [5.41, 5.74) is 1.42. The van der Waals surface area contributed by atoms with Gasteiger partial charge in [0.1, 0.15) is 17.6 Å². The molecule has 3 N–H and O–H groups in total. The average molecular weight is 661 g/mol. The van der Waals surface area contributed by atoms with Gasteiger partial charge in [-0.1, -0.05) is 43.3 Å². The van der Waals surface area contributed by atoms with Crippen LogP contribution in [0.25, 0.3) is 10.8 Å². The molecule has 5 rings (SSSR count). The fraction of sp³-hybridized carbons (Fsp3) is 0.314. The molecule has 0 bridgehead atoms. The van der Waals surface area contributed by atoms with Gasteiger partial charge >= 0.3 is 6.03 Å². The number of sulfonamides is 1. The minimum Gasteiger partial charge on any atom is -0.497 e. The van der Waals surface area contributed by atoms with Crippen LogP contribution in [-0.2, 0) is 21.2 Å². The molecule has 0 saturated heterocycles. The number of methoxy groups -OCH3 is 1. The lowest BCUT2D eigenvalue weighted by atomic mass is 10.0. The summed E-state index contributed by atoms with van der Waals surface area (Å²) in [5, 5.41) is 14.9. The van der Waals surface area contributed by atoms with Crippen molar-refractivity contribution in [3.63, 3.8) is 0 Å². The Balaban J connectivity index is 1.40. The predicted octanol–water partition coefficient (Wildman–Crippen LogP) is 4.96. The number of urea groups is 1. The zero-order valence-electron chi connectivity index (χ0n) is 26.8. The summed E-state index contributed by atoms with van der Waals surface area (Å²) in [4.78, 5) is 30.2. The Morgan fingerprint density at radius 3 is 2.53 bits per heavy atom. The van der Waals surface area contributed by atoms with Crippen molar-refractivity contribution in [3.05, 3.63) is 90.5 Å². The normalized spacial score (nSPS) is 17.4. The third-order valence-corrected chi connectivity index (χ3v) is 9.77. The number of nitrogens with one attached hydrogen (secondary N) is 2. The van der Waals surface area contributed by atoms with Gasteiger partial charge in [0.05, 0.1) is 43.3 Å². The number of fused-ring (bicyclic) bond motifs is 2. The summed E-state index contributed by atoms with van der Waals surface area (Å²) in [7, 11) is -0.761. The number of carbonyl (C=O) groups is 2. The molecule has 0 aromatic heterocycles. The van der Waals surface area contributed by atoms with Crippen LogP contribution in [0, 0.1) is 5.92 Å². The quantitative estimate of drug-likeness (QED) is 0.231. The number of amides is 3. The van der Waals surface area contributed by atoms with Crippen LogP contribution >= 0.6 is 0 Å². The van der Waals surface area contributed by atoms with Gasteiger partial charge in [-0.05, 0) is 60.8 Å². The van der Waals surface area contributed by atoms with Crippen molar-refractivity contribution in [1.29, 1.82) is 0 Å². The summed E-state index contributed by atoms with van der Waals surface area (Å²) in [6.45, 7) is 3.95. The number of aliphatic hydroxyl groups is 1. The fourth-order valence-electron chi connectivity index (χ4n) is 5.58. The number of ether oxygens (including phenoxy) is 2. The third kappa shape index (κ3) is 7.78. The summed E-state index contributed by atoms with van der Waals surface area (Å²) < 4.78 is 40.5. The van der Waals surface area contributed by atoms with Gasteiger partial charge in [-0.15, -0.1) is 0 Å². The van der Waals surface area contributed by atoms with Crippen LogP contribution in [0.5, 0.6) is 11.5 Å². The number of hydrogen-bond donors (Lipinski definition) is 3. The molecule has 12 heteroatoms. The Labute approximate surface area is 275 Å². The van der Waals surface area contributed by atoms with E-state index in [4.69, 9.17) is 9.47 Å². The lowest BCUT2D eigenvalue weighted by Gasteiger charge is -2.34. The second kappa shape index (κ2) is 14.3. The van der Waals surface area contributed by atoms with Crippen LogP contribution in [-0.4, -0.2) is 81.3 Å². The molecule has 4 aromatic rings. The largest absolute Gasteiger partial charge is 0.497 e. The van der Waals surface area contributed by atoms with Gasteiger partial charge in [-0.2, -0.15) is 0 Å². The van der Waals surface area contributed by atoms with Crippen LogP contribution in [0.15, 0.2) is 89.8 Å². The lowest BCUT2D eigenvalue weighted by Crippen LogP contribution is -2.48. The van der Waals surface area contributed by atoms with Gasteiger partial charge in [0.15, 0.2) is 0 Å². The molecule has 3 amide bonds. The Hall–Kier alpha value is -4.81. The molecular weight excluding hydrogens is 620 g/mol. The standard InChI is InChI=1S/C35H40N4O7S/c1-23-20-39(24(2)22-40)34(41)19-26-18-27(37-47(43,44)29-15-13-28(45-4)14-16-29)12-17-32(26)46-33(23)21-38(3)35(42)36-31-11-7-9-25-8-5-6-10-30(25)31/h5-18,23-24,33,37,40H,19-22H2,1-4H3,(H,36,42)/t23-,24+,33-/m1/s1. The van der Waals surface area contributed by atoms with E-state index in [1.54, 1.807) is 54.1 Å². The van der Waals surface area contributed by atoms with E-state index in [1.165, 1.54) is 19.2 Å². The zero-order valence-corrected chi connectivity index (χ0v) is 27.7. The molecule has 248 valence electrons. The first-order valence-corrected chi connectivity index (χ1v) is 16.8. The minimum absolute atomic E-state index is 0.0517. The van der Waals surface area contributed by atoms with Crippen molar-refractivity contribution in [2.45, 2.75) is 37.3 Å². The number of anilines is 2. The number of nitrogens with zero attached hydrogens (tertiary/aromatic N) is 2. The number of hydrogen-bond acceptors (Lipinski definition) is 7. The molecule has 0 aliphatic carbocycles. The molecular formula is C35H40N4O7S. The van der Waals surface area contributed by atoms with Crippen molar-refractivity contribution in [1.82, 2.24) is 9.80 Å². The van der Waals surface area contributed by atoms with E-state index < -0.39 is 22.2 Å². The Morgan fingerprint density at radius 2 is 1.81 bits per heavy atom.